The molecule has 26 heavy (non-hydrogen) atoms. The minimum Gasteiger partial charge on any atom is -0.496 e. The lowest BCUT2D eigenvalue weighted by Crippen LogP contribution is -2.33. The Balaban J connectivity index is 1.76. The van der Waals surface area contributed by atoms with E-state index in [9.17, 15) is 9.59 Å². The van der Waals surface area contributed by atoms with E-state index >= 15 is 0 Å². The fourth-order valence-electron chi connectivity index (χ4n) is 2.45. The number of nitrogens with zero attached hydrogens (tertiary/aromatic N) is 3. The molecule has 0 radical (unpaired) electrons. The number of benzene rings is 1. The molecule has 2 aromatic heterocycles. The molecule has 0 atom stereocenters. The summed E-state index contributed by atoms with van der Waals surface area (Å²) in [7, 11) is 1.57. The molecule has 0 unspecified atom stereocenters. The lowest BCUT2D eigenvalue weighted by atomic mass is 10.1. The first-order valence-electron chi connectivity index (χ1n) is 8.05. The van der Waals surface area contributed by atoms with Crippen molar-refractivity contribution in [2.45, 2.75) is 13.1 Å². The van der Waals surface area contributed by atoms with Gasteiger partial charge in [-0.05, 0) is 30.3 Å². The van der Waals surface area contributed by atoms with E-state index in [2.05, 4.69) is 15.4 Å². The van der Waals surface area contributed by atoms with Crippen LogP contribution in [0.4, 0.5) is 0 Å². The Bertz CT molecular complexity index is 954. The first-order valence-corrected chi connectivity index (χ1v) is 8.05. The molecule has 7 heteroatoms. The van der Waals surface area contributed by atoms with Crippen molar-refractivity contribution in [3.63, 3.8) is 0 Å². The lowest BCUT2D eigenvalue weighted by molar-refractivity contribution is -0.122. The molecule has 0 aliphatic heterocycles. The highest BCUT2D eigenvalue weighted by Crippen LogP contribution is 2.26. The molecule has 1 amide bonds. The van der Waals surface area contributed by atoms with E-state index in [1.165, 1.54) is 6.07 Å². The summed E-state index contributed by atoms with van der Waals surface area (Å²) in [5, 5.41) is 7.02. The molecule has 0 saturated heterocycles. The first kappa shape index (κ1) is 17.3. The molecule has 3 rings (SSSR count). The van der Waals surface area contributed by atoms with Gasteiger partial charge in [0, 0.05) is 17.8 Å². The minimum absolute atomic E-state index is 0.172. The van der Waals surface area contributed by atoms with Crippen molar-refractivity contribution in [1.82, 2.24) is 20.1 Å². The van der Waals surface area contributed by atoms with Gasteiger partial charge in [0.05, 0.1) is 25.0 Å². The van der Waals surface area contributed by atoms with E-state index < -0.39 is 0 Å². The molecule has 132 valence electrons. The molecule has 0 fully saturated rings. The zero-order valence-electron chi connectivity index (χ0n) is 14.3. The van der Waals surface area contributed by atoms with Gasteiger partial charge in [0.1, 0.15) is 12.3 Å². The number of ether oxygens (including phenoxy) is 1. The Morgan fingerprint density at radius 1 is 1.12 bits per heavy atom. The zero-order valence-corrected chi connectivity index (χ0v) is 14.3. The van der Waals surface area contributed by atoms with Crippen LogP contribution in [0.15, 0.2) is 65.6 Å². The van der Waals surface area contributed by atoms with E-state index in [4.69, 9.17) is 4.74 Å². The van der Waals surface area contributed by atoms with Crippen LogP contribution in [-0.2, 0) is 17.9 Å². The van der Waals surface area contributed by atoms with E-state index in [0.29, 0.717) is 18.0 Å². The van der Waals surface area contributed by atoms with Crippen LogP contribution in [0.2, 0.25) is 0 Å². The minimum atomic E-state index is -0.350. The Morgan fingerprint density at radius 3 is 2.69 bits per heavy atom. The zero-order chi connectivity index (χ0) is 18.4. The third kappa shape index (κ3) is 4.13. The summed E-state index contributed by atoms with van der Waals surface area (Å²) in [6.07, 6.45) is 1.66. The summed E-state index contributed by atoms with van der Waals surface area (Å²) in [5.74, 6) is 0.326. The van der Waals surface area contributed by atoms with Crippen LogP contribution in [-0.4, -0.2) is 27.8 Å². The number of carbonyl (C=O) groups is 1. The van der Waals surface area contributed by atoms with Crippen LogP contribution in [0.5, 0.6) is 5.75 Å². The van der Waals surface area contributed by atoms with Gasteiger partial charge in [0.15, 0.2) is 0 Å². The van der Waals surface area contributed by atoms with Crippen molar-refractivity contribution >= 4 is 5.91 Å². The number of aromatic nitrogens is 3. The Labute approximate surface area is 150 Å². The van der Waals surface area contributed by atoms with Crippen molar-refractivity contribution in [1.29, 1.82) is 0 Å². The second-order valence-electron chi connectivity index (χ2n) is 5.51. The quantitative estimate of drug-likeness (QED) is 0.730. The largest absolute Gasteiger partial charge is 0.496 e. The van der Waals surface area contributed by atoms with Crippen LogP contribution in [0.3, 0.4) is 0 Å². The number of amides is 1. The Morgan fingerprint density at radius 2 is 1.92 bits per heavy atom. The smallest absolute Gasteiger partial charge is 0.267 e. The van der Waals surface area contributed by atoms with Gasteiger partial charge in [-0.1, -0.05) is 18.2 Å². The number of methoxy groups -OCH3 is 1. The molecule has 3 aromatic rings. The average Bonchev–Trinajstić information content (AvgIpc) is 2.69. The summed E-state index contributed by atoms with van der Waals surface area (Å²) in [5.41, 5.74) is 1.69. The molecule has 7 nitrogen and oxygen atoms in total. The summed E-state index contributed by atoms with van der Waals surface area (Å²) in [6, 6.07) is 15.8. The van der Waals surface area contributed by atoms with Gasteiger partial charge in [0.25, 0.3) is 5.56 Å². The van der Waals surface area contributed by atoms with Crippen molar-refractivity contribution in [3.8, 4) is 17.0 Å². The number of hydrogen-bond acceptors (Lipinski definition) is 5. The maximum Gasteiger partial charge on any atom is 0.267 e. The van der Waals surface area contributed by atoms with Gasteiger partial charge in [-0.15, -0.1) is 0 Å². The number of para-hydroxylation sites is 1. The molecule has 0 aliphatic rings. The van der Waals surface area contributed by atoms with E-state index in [1.807, 2.05) is 36.4 Å². The van der Waals surface area contributed by atoms with Gasteiger partial charge >= 0.3 is 0 Å². The van der Waals surface area contributed by atoms with E-state index in [1.54, 1.807) is 25.4 Å². The van der Waals surface area contributed by atoms with Crippen LogP contribution in [0, 0.1) is 0 Å². The predicted molar refractivity (Wildman–Crippen MR) is 96.6 cm³/mol. The van der Waals surface area contributed by atoms with Crippen LogP contribution < -0.4 is 15.6 Å². The molecular formula is C19H18N4O3. The molecule has 0 bridgehead atoms. The number of hydrogen-bond donors (Lipinski definition) is 1. The fraction of sp³-hybridized carbons (Fsp3) is 0.158. The molecule has 2 heterocycles. The molecule has 0 saturated carbocycles. The lowest BCUT2D eigenvalue weighted by Gasteiger charge is -2.10. The predicted octanol–water partition coefficient (Wildman–Crippen LogP) is 1.63. The van der Waals surface area contributed by atoms with Crippen molar-refractivity contribution < 1.29 is 9.53 Å². The van der Waals surface area contributed by atoms with Gasteiger partial charge in [0.2, 0.25) is 5.91 Å². The van der Waals surface area contributed by atoms with E-state index in [0.717, 1.165) is 15.9 Å². The normalized spacial score (nSPS) is 10.3. The third-order valence-corrected chi connectivity index (χ3v) is 3.74. The molecule has 1 aromatic carbocycles. The van der Waals surface area contributed by atoms with Gasteiger partial charge < -0.3 is 10.1 Å². The summed E-state index contributed by atoms with van der Waals surface area (Å²) in [4.78, 5) is 28.3. The van der Waals surface area contributed by atoms with Crippen LogP contribution in [0.1, 0.15) is 5.69 Å². The molecule has 0 spiro atoms. The van der Waals surface area contributed by atoms with Gasteiger partial charge in [-0.2, -0.15) is 5.10 Å². The summed E-state index contributed by atoms with van der Waals surface area (Å²) in [6.45, 7) is 0.120. The monoisotopic (exact) mass is 350 g/mol. The summed E-state index contributed by atoms with van der Waals surface area (Å²) < 4.78 is 6.46. The SMILES string of the molecule is COc1ccccc1-c1ccc(=O)n(CC(=O)NCc2ccccn2)n1. The standard InChI is InChI=1S/C19H18N4O3/c1-26-17-8-3-2-7-15(17)16-9-10-19(25)23(22-16)13-18(24)21-12-14-6-4-5-11-20-14/h2-11H,12-13H2,1H3,(H,21,24). The Hall–Kier alpha value is -3.48. The van der Waals surface area contributed by atoms with Crippen LogP contribution >= 0.6 is 0 Å². The highest BCUT2D eigenvalue weighted by molar-refractivity contribution is 5.75. The van der Waals surface area contributed by atoms with Crippen molar-refractivity contribution in [2.24, 2.45) is 0 Å². The van der Waals surface area contributed by atoms with E-state index in [-0.39, 0.29) is 18.0 Å². The number of pyridine rings is 1. The second-order valence-corrected chi connectivity index (χ2v) is 5.51. The van der Waals surface area contributed by atoms with Crippen LogP contribution in [0.25, 0.3) is 11.3 Å². The number of carbonyl (C=O) groups excluding carboxylic acids is 1. The number of rotatable bonds is 6. The van der Waals surface area contributed by atoms with Gasteiger partial charge in [-0.25, -0.2) is 4.68 Å². The summed E-state index contributed by atoms with van der Waals surface area (Å²) >= 11 is 0. The second kappa shape index (κ2) is 8.06. The average molecular weight is 350 g/mol. The topological polar surface area (TPSA) is 86.1 Å². The molecule has 1 N–H and O–H groups in total. The maximum absolute atomic E-state index is 12.1. The highest BCUT2D eigenvalue weighted by atomic mass is 16.5. The third-order valence-electron chi connectivity index (χ3n) is 3.74. The van der Waals surface area contributed by atoms with Crippen molar-refractivity contribution in [2.75, 3.05) is 7.11 Å². The molecular weight excluding hydrogens is 332 g/mol. The first-order chi connectivity index (χ1) is 12.7. The highest BCUT2D eigenvalue weighted by Gasteiger charge is 2.11. The van der Waals surface area contributed by atoms with Gasteiger partial charge in [-0.3, -0.25) is 14.6 Å². The number of nitrogens with one attached hydrogen (secondary N) is 1. The Kier molecular flexibility index (Phi) is 5.38. The van der Waals surface area contributed by atoms with Crippen molar-refractivity contribution in [3.05, 3.63) is 76.8 Å². The maximum atomic E-state index is 12.1. The molecule has 0 aliphatic carbocycles. The fourth-order valence-corrected chi connectivity index (χ4v) is 2.45.